The van der Waals surface area contributed by atoms with Crippen LogP contribution < -0.4 is 16.0 Å². The number of aromatic nitrogens is 3. The Morgan fingerprint density at radius 2 is 1.86 bits per heavy atom. The predicted molar refractivity (Wildman–Crippen MR) is 81.5 cm³/mol. The fourth-order valence-corrected chi connectivity index (χ4v) is 1.66. The molecule has 2 aromatic rings. The van der Waals surface area contributed by atoms with Crippen LogP contribution in [0.5, 0.6) is 0 Å². The molecule has 0 unspecified atom stereocenters. The molecule has 110 valence electrons. The number of nitrogens with one attached hydrogen (secondary N) is 3. The number of hydrogen-bond donors (Lipinski definition) is 3. The van der Waals surface area contributed by atoms with Gasteiger partial charge >= 0.3 is 0 Å². The summed E-state index contributed by atoms with van der Waals surface area (Å²) in [6, 6.07) is 7.50. The molecular formula is C14H18N6O. The van der Waals surface area contributed by atoms with Crippen molar-refractivity contribution in [3.05, 3.63) is 36.0 Å². The van der Waals surface area contributed by atoms with Crippen molar-refractivity contribution in [1.82, 2.24) is 20.5 Å². The van der Waals surface area contributed by atoms with Crippen LogP contribution in [0.15, 0.2) is 30.5 Å². The van der Waals surface area contributed by atoms with E-state index < -0.39 is 0 Å². The molecule has 7 heteroatoms. The highest BCUT2D eigenvalue weighted by atomic mass is 16.1. The molecule has 1 amide bonds. The van der Waals surface area contributed by atoms with Crippen molar-refractivity contribution in [3.8, 4) is 0 Å². The van der Waals surface area contributed by atoms with Gasteiger partial charge in [0.25, 0.3) is 0 Å². The molecule has 0 aromatic carbocycles. The van der Waals surface area contributed by atoms with E-state index in [0.717, 1.165) is 11.4 Å². The summed E-state index contributed by atoms with van der Waals surface area (Å²) in [5, 5.41) is 17.0. The lowest BCUT2D eigenvalue weighted by Gasteiger charge is -2.07. The van der Waals surface area contributed by atoms with E-state index >= 15 is 0 Å². The number of nitrogens with zero attached hydrogens (tertiary/aromatic N) is 3. The van der Waals surface area contributed by atoms with Gasteiger partial charge < -0.3 is 16.0 Å². The topological polar surface area (TPSA) is 91.8 Å². The van der Waals surface area contributed by atoms with Crippen molar-refractivity contribution in [2.24, 2.45) is 0 Å². The molecule has 0 saturated carbocycles. The van der Waals surface area contributed by atoms with Crippen LogP contribution >= 0.6 is 0 Å². The molecule has 0 bridgehead atoms. The van der Waals surface area contributed by atoms with E-state index in [-0.39, 0.29) is 5.91 Å². The molecular weight excluding hydrogens is 268 g/mol. The Hall–Kier alpha value is -2.70. The second-order valence-electron chi connectivity index (χ2n) is 4.56. The molecule has 21 heavy (non-hydrogen) atoms. The molecule has 2 heterocycles. The van der Waals surface area contributed by atoms with Gasteiger partial charge in [0.1, 0.15) is 11.6 Å². The quantitative estimate of drug-likeness (QED) is 0.697. The SMILES string of the molecule is CC(=O)NCCNc1ccc(Nc2cc(C)ccn2)nn1. The van der Waals surface area contributed by atoms with Crippen molar-refractivity contribution in [1.29, 1.82) is 0 Å². The van der Waals surface area contributed by atoms with Gasteiger partial charge in [0, 0.05) is 26.2 Å². The maximum Gasteiger partial charge on any atom is 0.216 e. The number of amides is 1. The predicted octanol–water partition coefficient (Wildman–Crippen LogP) is 1.47. The van der Waals surface area contributed by atoms with Gasteiger partial charge in [-0.2, -0.15) is 0 Å². The van der Waals surface area contributed by atoms with Crippen LogP contribution in [-0.2, 0) is 4.79 Å². The Bertz CT molecular complexity index is 599. The fourth-order valence-electron chi connectivity index (χ4n) is 1.66. The summed E-state index contributed by atoms with van der Waals surface area (Å²) in [6.07, 6.45) is 1.74. The van der Waals surface area contributed by atoms with Crippen LogP contribution in [0, 0.1) is 6.92 Å². The van der Waals surface area contributed by atoms with Gasteiger partial charge in [-0.05, 0) is 36.8 Å². The minimum absolute atomic E-state index is 0.0481. The van der Waals surface area contributed by atoms with E-state index in [1.807, 2.05) is 31.2 Å². The van der Waals surface area contributed by atoms with Gasteiger partial charge in [-0.15, -0.1) is 10.2 Å². The lowest BCUT2D eigenvalue weighted by Crippen LogP contribution is -2.26. The number of anilines is 3. The van der Waals surface area contributed by atoms with Crippen molar-refractivity contribution >= 4 is 23.4 Å². The van der Waals surface area contributed by atoms with Gasteiger partial charge in [0.05, 0.1) is 0 Å². The monoisotopic (exact) mass is 286 g/mol. The van der Waals surface area contributed by atoms with Crippen LogP contribution in [0.2, 0.25) is 0 Å². The minimum Gasteiger partial charge on any atom is -0.367 e. The smallest absolute Gasteiger partial charge is 0.216 e. The molecule has 7 nitrogen and oxygen atoms in total. The largest absolute Gasteiger partial charge is 0.367 e. The number of pyridine rings is 1. The molecule has 0 spiro atoms. The summed E-state index contributed by atoms with van der Waals surface area (Å²) < 4.78 is 0. The zero-order chi connectivity index (χ0) is 15.1. The van der Waals surface area contributed by atoms with E-state index in [1.165, 1.54) is 6.92 Å². The zero-order valence-corrected chi connectivity index (χ0v) is 12.1. The second kappa shape index (κ2) is 7.18. The van der Waals surface area contributed by atoms with E-state index in [9.17, 15) is 4.79 Å². The van der Waals surface area contributed by atoms with Gasteiger partial charge in [-0.25, -0.2) is 4.98 Å². The maximum atomic E-state index is 10.7. The number of rotatable bonds is 6. The average molecular weight is 286 g/mol. The fraction of sp³-hybridized carbons (Fsp3) is 0.286. The highest BCUT2D eigenvalue weighted by Crippen LogP contribution is 2.13. The van der Waals surface area contributed by atoms with Crippen LogP contribution in [0.25, 0.3) is 0 Å². The molecule has 0 aliphatic rings. The van der Waals surface area contributed by atoms with Crippen molar-refractivity contribution < 1.29 is 4.79 Å². The first kappa shape index (κ1) is 14.7. The summed E-state index contributed by atoms with van der Waals surface area (Å²) in [5.74, 6) is 1.97. The molecule has 0 fully saturated rings. The number of carbonyl (C=O) groups excluding carboxylic acids is 1. The lowest BCUT2D eigenvalue weighted by molar-refractivity contribution is -0.118. The molecule has 2 rings (SSSR count). The highest BCUT2D eigenvalue weighted by Gasteiger charge is 2.00. The van der Waals surface area contributed by atoms with Crippen LogP contribution in [0.4, 0.5) is 17.5 Å². The summed E-state index contributed by atoms with van der Waals surface area (Å²) in [6.45, 7) is 4.63. The summed E-state index contributed by atoms with van der Waals surface area (Å²) in [7, 11) is 0. The van der Waals surface area contributed by atoms with E-state index in [0.29, 0.717) is 24.7 Å². The molecule has 0 aliphatic carbocycles. The van der Waals surface area contributed by atoms with Gasteiger partial charge in [-0.3, -0.25) is 4.79 Å². The summed E-state index contributed by atoms with van der Waals surface area (Å²) in [5.41, 5.74) is 1.12. The normalized spacial score (nSPS) is 10.0. The van der Waals surface area contributed by atoms with Crippen molar-refractivity contribution in [3.63, 3.8) is 0 Å². The van der Waals surface area contributed by atoms with Crippen LogP contribution in [-0.4, -0.2) is 34.2 Å². The Labute approximate surface area is 123 Å². The molecule has 2 aromatic heterocycles. The molecule has 0 atom stereocenters. The Balaban J connectivity index is 1.85. The molecule has 0 saturated heterocycles. The minimum atomic E-state index is -0.0481. The Kier molecular flexibility index (Phi) is 5.03. The maximum absolute atomic E-state index is 10.7. The van der Waals surface area contributed by atoms with Gasteiger partial charge in [0.2, 0.25) is 5.91 Å². The third-order valence-electron chi connectivity index (χ3n) is 2.64. The highest BCUT2D eigenvalue weighted by molar-refractivity contribution is 5.72. The van der Waals surface area contributed by atoms with Crippen LogP contribution in [0.3, 0.4) is 0 Å². The summed E-state index contributed by atoms with van der Waals surface area (Å²) >= 11 is 0. The number of aryl methyl sites for hydroxylation is 1. The van der Waals surface area contributed by atoms with E-state index in [1.54, 1.807) is 6.20 Å². The lowest BCUT2D eigenvalue weighted by atomic mass is 10.3. The number of hydrogen-bond acceptors (Lipinski definition) is 6. The molecule has 3 N–H and O–H groups in total. The third-order valence-corrected chi connectivity index (χ3v) is 2.64. The molecule has 0 radical (unpaired) electrons. The van der Waals surface area contributed by atoms with E-state index in [2.05, 4.69) is 31.1 Å². The van der Waals surface area contributed by atoms with Crippen molar-refractivity contribution in [2.45, 2.75) is 13.8 Å². The zero-order valence-electron chi connectivity index (χ0n) is 12.1. The Morgan fingerprint density at radius 1 is 1.10 bits per heavy atom. The first-order valence-electron chi connectivity index (χ1n) is 6.65. The Morgan fingerprint density at radius 3 is 2.52 bits per heavy atom. The second-order valence-corrected chi connectivity index (χ2v) is 4.56. The van der Waals surface area contributed by atoms with Crippen molar-refractivity contribution in [2.75, 3.05) is 23.7 Å². The standard InChI is InChI=1S/C14H18N6O/c1-10-5-6-16-14(9-10)18-13-4-3-12(19-20-13)17-8-7-15-11(2)21/h3-6,9H,7-8H2,1-2H3,(H,15,21)(H,17,19)(H,16,18,20). The van der Waals surface area contributed by atoms with Crippen LogP contribution in [0.1, 0.15) is 12.5 Å². The molecule has 0 aliphatic heterocycles. The van der Waals surface area contributed by atoms with Gasteiger partial charge in [-0.1, -0.05) is 0 Å². The third kappa shape index (κ3) is 5.06. The summed E-state index contributed by atoms with van der Waals surface area (Å²) in [4.78, 5) is 14.9. The van der Waals surface area contributed by atoms with Gasteiger partial charge in [0.15, 0.2) is 5.82 Å². The average Bonchev–Trinajstić information content (AvgIpc) is 2.45. The first-order chi connectivity index (χ1) is 10.1. The number of carbonyl (C=O) groups is 1. The first-order valence-corrected chi connectivity index (χ1v) is 6.65. The van der Waals surface area contributed by atoms with E-state index in [4.69, 9.17) is 0 Å².